The third kappa shape index (κ3) is 5.13. The first-order valence-corrected chi connectivity index (χ1v) is 6.79. The minimum Gasteiger partial charge on any atom is -1.00 e. The lowest BCUT2D eigenvalue weighted by Crippen LogP contribution is -3.00. The van der Waals surface area contributed by atoms with Gasteiger partial charge in [-0.25, -0.2) is 0 Å². The molecule has 0 aromatic heterocycles. The van der Waals surface area contributed by atoms with Gasteiger partial charge < -0.3 is 17.0 Å². The summed E-state index contributed by atoms with van der Waals surface area (Å²) in [5.41, 5.74) is 3.69. The number of halogens is 3. The van der Waals surface area contributed by atoms with Gasteiger partial charge in [-0.05, 0) is 25.0 Å². The molecule has 19 heavy (non-hydrogen) atoms. The van der Waals surface area contributed by atoms with Crippen molar-refractivity contribution in [3.63, 3.8) is 0 Å². The highest BCUT2D eigenvalue weighted by Crippen LogP contribution is 2.22. The van der Waals surface area contributed by atoms with Gasteiger partial charge in [0.15, 0.2) is 0 Å². The Bertz CT molecular complexity index is 455. The molecule has 2 rings (SSSR count). The molecule has 0 bridgehead atoms. The van der Waals surface area contributed by atoms with Gasteiger partial charge in [-0.1, -0.05) is 35.7 Å². The van der Waals surface area contributed by atoms with Gasteiger partial charge in [-0.2, -0.15) is 5.10 Å². The molecular formula is C13H15BrCl2N3-. The molecule has 6 heteroatoms. The van der Waals surface area contributed by atoms with Crippen molar-refractivity contribution in [2.75, 3.05) is 6.54 Å². The van der Waals surface area contributed by atoms with Crippen LogP contribution in [-0.4, -0.2) is 18.6 Å². The van der Waals surface area contributed by atoms with Gasteiger partial charge >= 0.3 is 0 Å². The largest absolute Gasteiger partial charge is 1.00 e. The van der Waals surface area contributed by atoms with Gasteiger partial charge in [0.05, 0.1) is 16.3 Å². The molecule has 104 valence electrons. The third-order valence-corrected chi connectivity index (χ3v) is 3.42. The van der Waals surface area contributed by atoms with Gasteiger partial charge in [0.25, 0.3) is 0 Å². The molecule has 0 saturated heterocycles. The number of benzene rings is 1. The first-order valence-electron chi connectivity index (χ1n) is 6.04. The molecule has 0 amide bonds. The van der Waals surface area contributed by atoms with Crippen molar-refractivity contribution >= 4 is 35.3 Å². The topological polar surface area (TPSA) is 36.8 Å². The second-order valence-electron chi connectivity index (χ2n) is 4.14. The van der Waals surface area contributed by atoms with Crippen LogP contribution in [0.4, 0.5) is 0 Å². The molecule has 1 N–H and O–H groups in total. The van der Waals surface area contributed by atoms with Gasteiger partial charge in [-0.15, -0.1) is 0 Å². The van der Waals surface area contributed by atoms with E-state index >= 15 is 0 Å². The van der Waals surface area contributed by atoms with Crippen LogP contribution in [0.3, 0.4) is 0 Å². The molecule has 0 radical (unpaired) electrons. The van der Waals surface area contributed by atoms with Crippen molar-refractivity contribution in [2.24, 2.45) is 10.1 Å². The summed E-state index contributed by atoms with van der Waals surface area (Å²) >= 11 is 12.1. The molecule has 0 aliphatic carbocycles. The van der Waals surface area contributed by atoms with Crippen LogP contribution in [0.5, 0.6) is 0 Å². The molecule has 1 aromatic carbocycles. The lowest BCUT2D eigenvalue weighted by Gasteiger charge is -2.03. The Morgan fingerprint density at radius 1 is 1.16 bits per heavy atom. The predicted octanol–water partition coefficient (Wildman–Crippen LogP) is 0.893. The highest BCUT2D eigenvalue weighted by Gasteiger charge is 2.04. The minimum atomic E-state index is 0. The number of nitrogens with zero attached hydrogens (tertiary/aromatic N) is 2. The fourth-order valence-corrected chi connectivity index (χ4v) is 2.27. The second kappa shape index (κ2) is 8.56. The maximum absolute atomic E-state index is 6.04. The van der Waals surface area contributed by atoms with Crippen molar-refractivity contribution in [3.05, 3.63) is 33.8 Å². The SMILES string of the molecule is Clc1cccc(Cl)c1/C=N/NC1=NCCCCC1.[Br-]. The molecular weight excluding hydrogens is 349 g/mol. The van der Waals surface area contributed by atoms with Crippen LogP contribution in [0, 0.1) is 0 Å². The van der Waals surface area contributed by atoms with Crippen molar-refractivity contribution in [2.45, 2.75) is 25.7 Å². The zero-order chi connectivity index (χ0) is 12.8. The van der Waals surface area contributed by atoms with E-state index in [0.717, 1.165) is 37.2 Å². The fraction of sp³-hybridized carbons (Fsp3) is 0.385. The highest BCUT2D eigenvalue weighted by atomic mass is 79.9. The molecule has 1 aromatic rings. The summed E-state index contributed by atoms with van der Waals surface area (Å²) in [6, 6.07) is 5.39. The van der Waals surface area contributed by atoms with E-state index < -0.39 is 0 Å². The number of nitrogens with one attached hydrogen (secondary N) is 1. The Balaban J connectivity index is 0.00000180. The van der Waals surface area contributed by atoms with E-state index in [2.05, 4.69) is 15.5 Å². The van der Waals surface area contributed by atoms with Crippen LogP contribution in [0.1, 0.15) is 31.2 Å². The van der Waals surface area contributed by atoms with Crippen molar-refractivity contribution in [1.82, 2.24) is 5.43 Å². The maximum atomic E-state index is 6.04. The quantitative estimate of drug-likeness (QED) is 0.615. The van der Waals surface area contributed by atoms with E-state index in [4.69, 9.17) is 23.2 Å². The highest BCUT2D eigenvalue weighted by molar-refractivity contribution is 6.38. The zero-order valence-corrected chi connectivity index (χ0v) is 13.5. The summed E-state index contributed by atoms with van der Waals surface area (Å²) in [5.74, 6) is 0.937. The van der Waals surface area contributed by atoms with Crippen molar-refractivity contribution in [3.8, 4) is 0 Å². The monoisotopic (exact) mass is 362 g/mol. The average Bonchev–Trinajstić information content (AvgIpc) is 2.61. The van der Waals surface area contributed by atoms with Crippen LogP contribution in [0.25, 0.3) is 0 Å². The van der Waals surface area contributed by atoms with Gasteiger partial charge in [0.2, 0.25) is 0 Å². The first kappa shape index (κ1) is 16.5. The summed E-state index contributed by atoms with van der Waals surface area (Å²) in [5, 5.41) is 5.34. The first-order chi connectivity index (χ1) is 8.77. The lowest BCUT2D eigenvalue weighted by atomic mass is 10.2. The Kier molecular flexibility index (Phi) is 7.42. The van der Waals surface area contributed by atoms with E-state index in [-0.39, 0.29) is 17.0 Å². The van der Waals surface area contributed by atoms with Gasteiger partial charge in [0.1, 0.15) is 5.84 Å². The van der Waals surface area contributed by atoms with E-state index in [0.29, 0.717) is 10.0 Å². The number of hydrogen-bond donors (Lipinski definition) is 1. The molecule has 1 aliphatic rings. The number of hydrazone groups is 1. The molecule has 3 nitrogen and oxygen atoms in total. The maximum Gasteiger partial charge on any atom is 0.117 e. The lowest BCUT2D eigenvalue weighted by molar-refractivity contribution is -0.00000358. The molecule has 0 fully saturated rings. The van der Waals surface area contributed by atoms with Crippen LogP contribution in [0.15, 0.2) is 28.3 Å². The van der Waals surface area contributed by atoms with E-state index in [9.17, 15) is 0 Å². The summed E-state index contributed by atoms with van der Waals surface area (Å²) < 4.78 is 0. The molecule has 0 atom stereocenters. The summed E-state index contributed by atoms with van der Waals surface area (Å²) in [6.45, 7) is 0.880. The number of aliphatic imine (C=N–C) groups is 1. The molecule has 1 aliphatic heterocycles. The van der Waals surface area contributed by atoms with E-state index in [1.54, 1.807) is 18.3 Å². The molecule has 0 unspecified atom stereocenters. The minimum absolute atomic E-state index is 0. The number of hydrogen-bond acceptors (Lipinski definition) is 3. The molecule has 1 heterocycles. The molecule has 0 spiro atoms. The van der Waals surface area contributed by atoms with E-state index in [1.165, 1.54) is 6.42 Å². The fourth-order valence-electron chi connectivity index (χ4n) is 1.77. The van der Waals surface area contributed by atoms with Crippen molar-refractivity contribution in [1.29, 1.82) is 0 Å². The summed E-state index contributed by atoms with van der Waals surface area (Å²) in [6.07, 6.45) is 6.14. The Morgan fingerprint density at radius 3 is 2.63 bits per heavy atom. The average molecular weight is 364 g/mol. The standard InChI is InChI=1S/C13H15Cl2N3.BrH/c14-11-5-4-6-12(15)10(11)9-17-18-13-7-2-1-3-8-16-13;/h4-6,9H,1-3,7-8H2,(H,16,18);1H/p-1/b17-9+;. The zero-order valence-electron chi connectivity index (χ0n) is 10.4. The van der Waals surface area contributed by atoms with Crippen molar-refractivity contribution < 1.29 is 17.0 Å². The smallest absolute Gasteiger partial charge is 0.117 e. The van der Waals surface area contributed by atoms with E-state index in [1.807, 2.05) is 6.07 Å². The van der Waals surface area contributed by atoms with Gasteiger partial charge in [0, 0.05) is 18.5 Å². The second-order valence-corrected chi connectivity index (χ2v) is 4.96. The van der Waals surface area contributed by atoms with Crippen LogP contribution in [-0.2, 0) is 0 Å². The third-order valence-electron chi connectivity index (χ3n) is 2.76. The number of rotatable bonds is 2. The predicted molar refractivity (Wildman–Crippen MR) is 78.0 cm³/mol. The molecule has 0 saturated carbocycles. The summed E-state index contributed by atoms with van der Waals surface area (Å²) in [7, 11) is 0. The Labute approximate surface area is 133 Å². The normalized spacial score (nSPS) is 15.6. The van der Waals surface area contributed by atoms with Crippen LogP contribution < -0.4 is 22.4 Å². The van der Waals surface area contributed by atoms with Crippen LogP contribution >= 0.6 is 23.2 Å². The Hall–Kier alpha value is -0.580. The Morgan fingerprint density at radius 2 is 1.89 bits per heavy atom. The van der Waals surface area contributed by atoms with Gasteiger partial charge in [-0.3, -0.25) is 10.4 Å². The number of amidine groups is 1. The van der Waals surface area contributed by atoms with Crippen LogP contribution in [0.2, 0.25) is 10.0 Å². The summed E-state index contributed by atoms with van der Waals surface area (Å²) in [4.78, 5) is 4.43.